The van der Waals surface area contributed by atoms with Crippen LogP contribution in [-0.4, -0.2) is 55.7 Å². The molecule has 0 atom stereocenters. The lowest BCUT2D eigenvalue weighted by molar-refractivity contribution is -0.151. The molecule has 0 aromatic heterocycles. The highest BCUT2D eigenvalue weighted by Gasteiger charge is 2.47. The zero-order valence-corrected chi connectivity index (χ0v) is 13.3. The number of rotatable bonds is 8. The number of sulfonamides is 1. The molecule has 8 heteroatoms. The summed E-state index contributed by atoms with van der Waals surface area (Å²) < 4.78 is 30.7. The SMILES string of the molecule is CCCN(CC(=O)O)S(=O)(=O)CC1(C(=O)OC)CCCC1. The number of hydrogen-bond acceptors (Lipinski definition) is 5. The normalized spacial score (nSPS) is 17.9. The number of nitrogens with zero attached hydrogens (tertiary/aromatic N) is 1. The van der Waals surface area contributed by atoms with Gasteiger partial charge in [0.1, 0.15) is 6.54 Å². The average Bonchev–Trinajstić information content (AvgIpc) is 2.85. The molecule has 0 spiro atoms. The Balaban J connectivity index is 2.98. The Morgan fingerprint density at radius 1 is 1.29 bits per heavy atom. The summed E-state index contributed by atoms with van der Waals surface area (Å²) in [5.74, 6) is -2.10. The first kappa shape index (κ1) is 17.9. The van der Waals surface area contributed by atoms with Crippen molar-refractivity contribution in [1.82, 2.24) is 4.31 Å². The fourth-order valence-electron chi connectivity index (χ4n) is 2.83. The van der Waals surface area contributed by atoms with Crippen LogP contribution in [0.25, 0.3) is 0 Å². The zero-order chi connectivity index (χ0) is 16.1. The van der Waals surface area contributed by atoms with Crippen LogP contribution in [-0.2, 0) is 24.3 Å². The molecule has 1 saturated carbocycles. The van der Waals surface area contributed by atoms with Gasteiger partial charge >= 0.3 is 11.9 Å². The highest BCUT2D eigenvalue weighted by atomic mass is 32.2. The second-order valence-electron chi connectivity index (χ2n) is 5.46. The number of carbonyl (C=O) groups is 2. The molecule has 0 bridgehead atoms. The maximum absolute atomic E-state index is 12.5. The van der Waals surface area contributed by atoms with Crippen molar-refractivity contribution < 1.29 is 27.9 Å². The van der Waals surface area contributed by atoms with E-state index >= 15 is 0 Å². The molecule has 0 aliphatic heterocycles. The van der Waals surface area contributed by atoms with Crippen molar-refractivity contribution in [2.24, 2.45) is 5.41 Å². The third-order valence-electron chi connectivity index (χ3n) is 3.82. The van der Waals surface area contributed by atoms with Gasteiger partial charge in [0, 0.05) is 6.54 Å². The molecule has 1 N–H and O–H groups in total. The van der Waals surface area contributed by atoms with Gasteiger partial charge in [-0.25, -0.2) is 8.42 Å². The molecule has 1 aliphatic carbocycles. The average molecular weight is 321 g/mol. The zero-order valence-electron chi connectivity index (χ0n) is 12.5. The predicted octanol–water partition coefficient (Wildman–Crippen LogP) is 0.846. The van der Waals surface area contributed by atoms with Crippen LogP contribution in [0, 0.1) is 5.41 Å². The molecule has 0 aromatic carbocycles. The van der Waals surface area contributed by atoms with Crippen molar-refractivity contribution in [3.63, 3.8) is 0 Å². The largest absolute Gasteiger partial charge is 0.480 e. The van der Waals surface area contributed by atoms with Crippen LogP contribution < -0.4 is 0 Å². The lowest BCUT2D eigenvalue weighted by atomic mass is 9.89. The minimum atomic E-state index is -3.82. The van der Waals surface area contributed by atoms with Gasteiger partial charge in [-0.05, 0) is 19.3 Å². The molecule has 1 fully saturated rings. The molecule has 1 aliphatic rings. The monoisotopic (exact) mass is 321 g/mol. The van der Waals surface area contributed by atoms with Gasteiger partial charge in [-0.15, -0.1) is 0 Å². The Morgan fingerprint density at radius 2 is 1.86 bits per heavy atom. The smallest absolute Gasteiger partial charge is 0.318 e. The number of carbonyl (C=O) groups excluding carboxylic acids is 1. The second kappa shape index (κ2) is 7.22. The topological polar surface area (TPSA) is 101 Å². The second-order valence-corrected chi connectivity index (χ2v) is 7.43. The molecule has 0 amide bonds. The van der Waals surface area contributed by atoms with Gasteiger partial charge in [-0.2, -0.15) is 4.31 Å². The number of esters is 1. The van der Waals surface area contributed by atoms with Crippen LogP contribution in [0.3, 0.4) is 0 Å². The van der Waals surface area contributed by atoms with Gasteiger partial charge in [-0.1, -0.05) is 19.8 Å². The molecular weight excluding hydrogens is 298 g/mol. The molecule has 0 aromatic rings. The lowest BCUT2D eigenvalue weighted by Crippen LogP contribution is -2.45. The van der Waals surface area contributed by atoms with E-state index in [1.807, 2.05) is 0 Å². The van der Waals surface area contributed by atoms with Crippen LogP contribution in [0.15, 0.2) is 0 Å². The Hall–Kier alpha value is -1.15. The number of methoxy groups -OCH3 is 1. The first-order valence-electron chi connectivity index (χ1n) is 7.05. The van der Waals surface area contributed by atoms with E-state index < -0.39 is 33.9 Å². The molecule has 21 heavy (non-hydrogen) atoms. The molecule has 122 valence electrons. The van der Waals surface area contributed by atoms with Crippen molar-refractivity contribution in [3.05, 3.63) is 0 Å². The number of carboxylic acid groups (broad SMARTS) is 1. The number of ether oxygens (including phenoxy) is 1. The summed E-state index contributed by atoms with van der Waals surface area (Å²) in [4.78, 5) is 22.8. The lowest BCUT2D eigenvalue weighted by Gasteiger charge is -2.29. The first-order valence-corrected chi connectivity index (χ1v) is 8.66. The van der Waals surface area contributed by atoms with E-state index in [1.54, 1.807) is 6.92 Å². The Morgan fingerprint density at radius 3 is 2.29 bits per heavy atom. The summed E-state index contributed by atoms with van der Waals surface area (Å²) in [5, 5.41) is 8.86. The molecule has 0 radical (unpaired) electrons. The molecule has 0 heterocycles. The summed E-state index contributed by atoms with van der Waals surface area (Å²) >= 11 is 0. The molecule has 0 saturated heterocycles. The molecule has 7 nitrogen and oxygen atoms in total. The van der Waals surface area contributed by atoms with E-state index in [4.69, 9.17) is 9.84 Å². The van der Waals surface area contributed by atoms with Crippen molar-refractivity contribution >= 4 is 22.0 Å². The third-order valence-corrected chi connectivity index (χ3v) is 5.83. The van der Waals surface area contributed by atoms with Crippen molar-refractivity contribution in [2.45, 2.75) is 39.0 Å². The maximum atomic E-state index is 12.5. The standard InChI is InChI=1S/C13H23NO6S/c1-3-8-14(9-11(15)16)21(18,19)10-13(12(17)20-2)6-4-5-7-13/h3-10H2,1-2H3,(H,15,16). The van der Waals surface area contributed by atoms with Crippen LogP contribution in [0.5, 0.6) is 0 Å². The van der Waals surface area contributed by atoms with Gasteiger partial charge in [0.25, 0.3) is 0 Å². The van der Waals surface area contributed by atoms with E-state index in [2.05, 4.69) is 0 Å². The van der Waals surface area contributed by atoms with Crippen molar-refractivity contribution in [3.8, 4) is 0 Å². The van der Waals surface area contributed by atoms with Crippen LogP contribution >= 0.6 is 0 Å². The van der Waals surface area contributed by atoms with E-state index in [9.17, 15) is 18.0 Å². The number of hydrogen-bond donors (Lipinski definition) is 1. The van der Waals surface area contributed by atoms with Crippen molar-refractivity contribution in [2.75, 3.05) is 26.0 Å². The Bertz CT molecular complexity index is 481. The quantitative estimate of drug-likeness (QED) is 0.665. The summed E-state index contributed by atoms with van der Waals surface area (Å²) in [5.41, 5.74) is -1.03. The van der Waals surface area contributed by atoms with Gasteiger partial charge in [0.05, 0.1) is 18.3 Å². The number of carboxylic acids is 1. The summed E-state index contributed by atoms with van der Waals surface area (Å²) in [6, 6.07) is 0. The summed E-state index contributed by atoms with van der Waals surface area (Å²) in [6.07, 6.45) is 2.99. The molecule has 0 unspecified atom stereocenters. The molecular formula is C13H23NO6S. The first-order chi connectivity index (χ1) is 9.77. The van der Waals surface area contributed by atoms with E-state index in [-0.39, 0.29) is 12.3 Å². The Labute approximate surface area is 125 Å². The minimum absolute atomic E-state index is 0.131. The fraction of sp³-hybridized carbons (Fsp3) is 0.846. The van der Waals surface area contributed by atoms with Crippen molar-refractivity contribution in [1.29, 1.82) is 0 Å². The van der Waals surface area contributed by atoms with Gasteiger partial charge in [-0.3, -0.25) is 9.59 Å². The van der Waals surface area contributed by atoms with Gasteiger partial charge in [0.2, 0.25) is 10.0 Å². The van der Waals surface area contributed by atoms with Crippen LogP contribution in [0.2, 0.25) is 0 Å². The maximum Gasteiger partial charge on any atom is 0.318 e. The highest BCUT2D eigenvalue weighted by molar-refractivity contribution is 7.89. The fourth-order valence-corrected chi connectivity index (χ4v) is 4.89. The highest BCUT2D eigenvalue weighted by Crippen LogP contribution is 2.40. The number of aliphatic carboxylic acids is 1. The predicted molar refractivity (Wildman–Crippen MR) is 76.2 cm³/mol. The van der Waals surface area contributed by atoms with Gasteiger partial charge in [0.15, 0.2) is 0 Å². The summed E-state index contributed by atoms with van der Waals surface area (Å²) in [6.45, 7) is 1.33. The molecule has 1 rings (SSSR count). The summed E-state index contributed by atoms with van der Waals surface area (Å²) in [7, 11) is -2.58. The van der Waals surface area contributed by atoms with E-state index in [1.165, 1.54) is 7.11 Å². The van der Waals surface area contributed by atoms with Crippen LogP contribution in [0.1, 0.15) is 39.0 Å². The Kier molecular flexibility index (Phi) is 6.15. The van der Waals surface area contributed by atoms with E-state index in [0.717, 1.165) is 17.1 Å². The van der Waals surface area contributed by atoms with Gasteiger partial charge < -0.3 is 9.84 Å². The third kappa shape index (κ3) is 4.41. The van der Waals surface area contributed by atoms with E-state index in [0.29, 0.717) is 19.3 Å². The minimum Gasteiger partial charge on any atom is -0.480 e. The van der Waals surface area contributed by atoms with Crippen LogP contribution in [0.4, 0.5) is 0 Å².